The molecule has 0 bridgehead atoms. The van der Waals surface area contributed by atoms with E-state index in [1.165, 1.54) is 27.8 Å². The molecule has 3 aromatic rings. The summed E-state index contributed by atoms with van der Waals surface area (Å²) in [5.41, 5.74) is 12.5. The van der Waals surface area contributed by atoms with Crippen molar-refractivity contribution in [2.45, 2.75) is 51.2 Å². The van der Waals surface area contributed by atoms with Gasteiger partial charge in [0, 0.05) is 12.5 Å². The molecule has 6 nitrogen and oxygen atoms in total. The standard InChI is InChI=1S/C32H37BN2O4/c1-31(2)32(3,4)39-33(38-31)24(19-23-15-13-22(14-16-23)17-18-34)20-35-30(36)37-21-29-27-11-7-5-9-25(27)26-10-6-8-12-28(26)29/h5-16,19,29H,17-18,20-21,34H2,1-4H3,(H,35,36). The van der Waals surface area contributed by atoms with Crippen molar-refractivity contribution in [3.05, 3.63) is 101 Å². The van der Waals surface area contributed by atoms with Gasteiger partial charge in [-0.25, -0.2) is 4.79 Å². The highest BCUT2D eigenvalue weighted by Gasteiger charge is 2.52. The lowest BCUT2D eigenvalue weighted by Gasteiger charge is -2.32. The van der Waals surface area contributed by atoms with E-state index in [9.17, 15) is 4.79 Å². The summed E-state index contributed by atoms with van der Waals surface area (Å²) < 4.78 is 18.4. The SMILES string of the molecule is CC1(C)OB(C(=Cc2ccc(CCN)cc2)CNC(=O)OCC2c3ccccc3-c3ccccc32)OC1(C)C. The van der Waals surface area contributed by atoms with E-state index in [-0.39, 0.29) is 19.1 Å². The van der Waals surface area contributed by atoms with Gasteiger partial charge in [0.1, 0.15) is 6.61 Å². The first-order valence-corrected chi connectivity index (χ1v) is 13.6. The lowest BCUT2D eigenvalue weighted by Crippen LogP contribution is -2.41. The number of fused-ring (bicyclic) bond motifs is 3. The van der Waals surface area contributed by atoms with E-state index in [0.717, 1.165) is 17.5 Å². The zero-order valence-corrected chi connectivity index (χ0v) is 23.2. The summed E-state index contributed by atoms with van der Waals surface area (Å²) in [6.07, 6.45) is 2.37. The summed E-state index contributed by atoms with van der Waals surface area (Å²) in [4.78, 5) is 12.9. The molecule has 1 aliphatic heterocycles. The number of alkyl carbamates (subject to hydrolysis) is 1. The molecule has 0 spiro atoms. The predicted molar refractivity (Wildman–Crippen MR) is 156 cm³/mol. The van der Waals surface area contributed by atoms with E-state index in [1.807, 2.05) is 70.2 Å². The highest BCUT2D eigenvalue weighted by molar-refractivity contribution is 6.56. The van der Waals surface area contributed by atoms with Crippen molar-refractivity contribution < 1.29 is 18.8 Å². The predicted octanol–water partition coefficient (Wildman–Crippen LogP) is 5.74. The first kappa shape index (κ1) is 27.2. The minimum atomic E-state index is -0.590. The van der Waals surface area contributed by atoms with Gasteiger partial charge in [-0.05, 0) is 79.5 Å². The Bertz CT molecular complexity index is 1310. The maximum atomic E-state index is 12.9. The smallest absolute Gasteiger partial charge is 0.449 e. The Labute approximate surface area is 231 Å². The van der Waals surface area contributed by atoms with Gasteiger partial charge in [-0.3, -0.25) is 0 Å². The van der Waals surface area contributed by atoms with Gasteiger partial charge >= 0.3 is 13.2 Å². The number of rotatable bonds is 8. The van der Waals surface area contributed by atoms with E-state index >= 15 is 0 Å². The molecule has 1 aliphatic carbocycles. The van der Waals surface area contributed by atoms with Crippen molar-refractivity contribution in [3.8, 4) is 11.1 Å². The number of amides is 1. The molecule has 1 saturated heterocycles. The van der Waals surface area contributed by atoms with Gasteiger partial charge < -0.3 is 25.1 Å². The topological polar surface area (TPSA) is 82.8 Å². The quantitative estimate of drug-likeness (QED) is 0.367. The molecule has 0 aromatic heterocycles. The number of benzene rings is 3. The van der Waals surface area contributed by atoms with Crippen molar-refractivity contribution >= 4 is 19.3 Å². The maximum Gasteiger partial charge on any atom is 0.492 e. The molecule has 1 fully saturated rings. The first-order valence-electron chi connectivity index (χ1n) is 13.6. The van der Waals surface area contributed by atoms with Gasteiger partial charge in [-0.15, -0.1) is 0 Å². The number of nitrogens with one attached hydrogen (secondary N) is 1. The highest BCUT2D eigenvalue weighted by atomic mass is 16.7. The number of ether oxygens (including phenoxy) is 1. The average Bonchev–Trinajstić information content (AvgIpc) is 3.35. The van der Waals surface area contributed by atoms with Crippen LogP contribution in [0.5, 0.6) is 0 Å². The summed E-state index contributed by atoms with van der Waals surface area (Å²) in [5.74, 6) is 0.00768. The molecule has 0 atom stereocenters. The Morgan fingerprint density at radius 3 is 2.05 bits per heavy atom. The third kappa shape index (κ3) is 5.67. The van der Waals surface area contributed by atoms with Crippen molar-refractivity contribution in [2.75, 3.05) is 19.7 Å². The number of nitrogens with two attached hydrogens (primary N) is 1. The van der Waals surface area contributed by atoms with Crippen molar-refractivity contribution in [3.63, 3.8) is 0 Å². The fourth-order valence-corrected chi connectivity index (χ4v) is 5.18. The van der Waals surface area contributed by atoms with E-state index < -0.39 is 24.4 Å². The highest BCUT2D eigenvalue weighted by Crippen LogP contribution is 2.44. The van der Waals surface area contributed by atoms with Crippen LogP contribution in [0, 0.1) is 0 Å². The molecule has 0 saturated carbocycles. The van der Waals surface area contributed by atoms with Crippen molar-refractivity contribution in [1.82, 2.24) is 5.32 Å². The molecule has 0 unspecified atom stereocenters. The summed E-state index contributed by atoms with van der Waals surface area (Å²) >= 11 is 0. The largest absolute Gasteiger partial charge is 0.492 e. The Kier molecular flexibility index (Phi) is 7.67. The molecule has 2 aliphatic rings. The molecule has 202 valence electrons. The molecule has 1 amide bonds. The normalized spacial score (nSPS) is 17.6. The number of carbonyl (C=O) groups is 1. The Hall–Kier alpha value is -3.39. The summed E-state index contributed by atoms with van der Waals surface area (Å²) in [5, 5.41) is 2.93. The monoisotopic (exact) mass is 524 g/mol. The molecule has 0 radical (unpaired) electrons. The fourth-order valence-electron chi connectivity index (χ4n) is 5.18. The number of carbonyl (C=O) groups excluding carboxylic acids is 1. The van der Waals surface area contributed by atoms with Crippen LogP contribution < -0.4 is 11.1 Å². The van der Waals surface area contributed by atoms with Gasteiger partial charge in [0.05, 0.1) is 11.2 Å². The first-order chi connectivity index (χ1) is 18.7. The molecule has 3 N–H and O–H groups in total. The van der Waals surface area contributed by atoms with E-state index in [4.69, 9.17) is 19.8 Å². The van der Waals surface area contributed by atoms with Crippen LogP contribution in [-0.4, -0.2) is 44.1 Å². The third-order valence-electron chi connectivity index (χ3n) is 8.10. The average molecular weight is 524 g/mol. The summed E-state index contributed by atoms with van der Waals surface area (Å²) in [7, 11) is -0.590. The van der Waals surface area contributed by atoms with Crippen LogP contribution in [0.2, 0.25) is 0 Å². The second kappa shape index (κ2) is 11.0. The van der Waals surface area contributed by atoms with Gasteiger partial charge in [-0.2, -0.15) is 0 Å². The molecule has 7 heteroatoms. The third-order valence-corrected chi connectivity index (χ3v) is 8.10. The van der Waals surface area contributed by atoms with Gasteiger partial charge in [-0.1, -0.05) is 78.9 Å². The van der Waals surface area contributed by atoms with Crippen LogP contribution >= 0.6 is 0 Å². The second-order valence-corrected chi connectivity index (χ2v) is 11.3. The van der Waals surface area contributed by atoms with Crippen LogP contribution in [0.1, 0.15) is 55.9 Å². The summed E-state index contributed by atoms with van der Waals surface area (Å²) in [6.45, 7) is 9.18. The Morgan fingerprint density at radius 1 is 0.923 bits per heavy atom. The van der Waals surface area contributed by atoms with Crippen molar-refractivity contribution in [2.24, 2.45) is 5.73 Å². The molecular formula is C32H37BN2O4. The Morgan fingerprint density at radius 2 is 1.49 bits per heavy atom. The van der Waals surface area contributed by atoms with Gasteiger partial charge in [0.25, 0.3) is 0 Å². The lowest BCUT2D eigenvalue weighted by atomic mass is 9.77. The molecule has 39 heavy (non-hydrogen) atoms. The molecular weight excluding hydrogens is 487 g/mol. The zero-order valence-electron chi connectivity index (χ0n) is 23.2. The van der Waals surface area contributed by atoms with Crippen molar-refractivity contribution in [1.29, 1.82) is 0 Å². The number of hydrogen-bond acceptors (Lipinski definition) is 5. The maximum absolute atomic E-state index is 12.9. The van der Waals surface area contributed by atoms with E-state index in [0.29, 0.717) is 6.54 Å². The molecule has 3 aromatic carbocycles. The lowest BCUT2D eigenvalue weighted by molar-refractivity contribution is 0.00578. The van der Waals surface area contributed by atoms with E-state index in [1.54, 1.807) is 0 Å². The zero-order chi connectivity index (χ0) is 27.6. The molecule has 1 heterocycles. The van der Waals surface area contributed by atoms with E-state index in [2.05, 4.69) is 41.7 Å². The minimum Gasteiger partial charge on any atom is -0.449 e. The van der Waals surface area contributed by atoms with Crippen LogP contribution in [0.3, 0.4) is 0 Å². The van der Waals surface area contributed by atoms with Crippen LogP contribution in [0.25, 0.3) is 17.2 Å². The van der Waals surface area contributed by atoms with Crippen LogP contribution in [0.15, 0.2) is 78.3 Å². The second-order valence-electron chi connectivity index (χ2n) is 11.3. The number of hydrogen-bond donors (Lipinski definition) is 2. The van der Waals surface area contributed by atoms with Gasteiger partial charge in [0.15, 0.2) is 0 Å². The Balaban J connectivity index is 1.29. The summed E-state index contributed by atoms with van der Waals surface area (Å²) in [6, 6.07) is 24.8. The van der Waals surface area contributed by atoms with Crippen LogP contribution in [0.4, 0.5) is 4.79 Å². The van der Waals surface area contributed by atoms with Gasteiger partial charge in [0.2, 0.25) is 0 Å². The fraction of sp³-hybridized carbons (Fsp3) is 0.344. The molecule has 5 rings (SSSR count). The van der Waals surface area contributed by atoms with Crippen LogP contribution in [-0.2, 0) is 20.5 Å². The minimum absolute atomic E-state index is 0.00768.